The molecule has 0 unspecified atom stereocenters. The number of carbonyl (C=O) groups excluding carboxylic acids is 2. The van der Waals surface area contributed by atoms with Crippen LogP contribution in [-0.4, -0.2) is 20.2 Å². The van der Waals surface area contributed by atoms with Gasteiger partial charge in [-0.1, -0.05) is 15.9 Å². The van der Waals surface area contributed by atoms with E-state index in [2.05, 4.69) is 21.2 Å². The smallest absolute Gasteiger partial charge is 0.292 e. The van der Waals surface area contributed by atoms with E-state index in [1.165, 1.54) is 35.6 Å². The van der Waals surface area contributed by atoms with Crippen molar-refractivity contribution in [2.45, 2.75) is 35.7 Å². The van der Waals surface area contributed by atoms with Crippen LogP contribution in [0.15, 0.2) is 55.3 Å². The van der Waals surface area contributed by atoms with Crippen molar-refractivity contribution in [3.8, 4) is 0 Å². The average Bonchev–Trinajstić information content (AvgIpc) is 3.33. The highest BCUT2D eigenvalue weighted by atomic mass is 79.9. The van der Waals surface area contributed by atoms with Crippen LogP contribution in [0.1, 0.15) is 44.2 Å². The molecule has 1 aliphatic rings. The fourth-order valence-corrected chi connectivity index (χ4v) is 6.12. The van der Waals surface area contributed by atoms with Crippen LogP contribution in [0, 0.1) is 0 Å². The third-order valence-electron chi connectivity index (χ3n) is 4.84. The summed E-state index contributed by atoms with van der Waals surface area (Å²) in [4.78, 5) is 25.7. The SMILES string of the molecule is NC(=O)c1c(NC(=O)c2ccc(S(=O)(=O)c3ccc(Br)cc3)o2)sc2c1CCCC2. The van der Waals surface area contributed by atoms with Gasteiger partial charge in [0.2, 0.25) is 14.9 Å². The molecule has 30 heavy (non-hydrogen) atoms. The number of rotatable bonds is 5. The predicted molar refractivity (Wildman–Crippen MR) is 116 cm³/mol. The Kier molecular flexibility index (Phi) is 5.56. The Morgan fingerprint density at radius 3 is 2.47 bits per heavy atom. The number of carbonyl (C=O) groups is 2. The Labute approximate surface area is 185 Å². The van der Waals surface area contributed by atoms with Crippen LogP contribution < -0.4 is 11.1 Å². The molecule has 2 amide bonds. The van der Waals surface area contributed by atoms with Gasteiger partial charge in [0.05, 0.1) is 10.5 Å². The number of furan rings is 1. The number of benzene rings is 1. The molecule has 4 rings (SSSR count). The molecule has 156 valence electrons. The van der Waals surface area contributed by atoms with E-state index in [1.807, 2.05) is 0 Å². The number of thiophene rings is 1. The van der Waals surface area contributed by atoms with Crippen molar-refractivity contribution in [2.24, 2.45) is 5.73 Å². The van der Waals surface area contributed by atoms with E-state index in [4.69, 9.17) is 10.2 Å². The van der Waals surface area contributed by atoms with Gasteiger partial charge in [-0.25, -0.2) is 8.42 Å². The lowest BCUT2D eigenvalue weighted by Crippen LogP contribution is -2.18. The Hall–Kier alpha value is -2.43. The normalized spacial score (nSPS) is 13.6. The summed E-state index contributed by atoms with van der Waals surface area (Å²) in [6.07, 6.45) is 3.57. The van der Waals surface area contributed by atoms with E-state index < -0.39 is 21.7 Å². The first-order chi connectivity index (χ1) is 14.3. The second kappa shape index (κ2) is 8.01. The Balaban J connectivity index is 1.61. The zero-order valence-corrected chi connectivity index (χ0v) is 18.8. The summed E-state index contributed by atoms with van der Waals surface area (Å²) < 4.78 is 31.5. The maximum atomic E-state index is 12.7. The molecule has 2 aromatic heterocycles. The number of hydrogen-bond donors (Lipinski definition) is 2. The van der Waals surface area contributed by atoms with Gasteiger partial charge >= 0.3 is 0 Å². The molecule has 1 aliphatic carbocycles. The van der Waals surface area contributed by atoms with Crippen LogP contribution in [0.5, 0.6) is 0 Å². The summed E-state index contributed by atoms with van der Waals surface area (Å²) >= 11 is 4.58. The van der Waals surface area contributed by atoms with E-state index in [9.17, 15) is 18.0 Å². The molecule has 0 saturated carbocycles. The molecule has 2 heterocycles. The quantitative estimate of drug-likeness (QED) is 0.535. The van der Waals surface area contributed by atoms with Gasteiger partial charge in [-0.05, 0) is 67.6 Å². The largest absolute Gasteiger partial charge is 0.439 e. The van der Waals surface area contributed by atoms with Crippen molar-refractivity contribution in [1.82, 2.24) is 0 Å². The van der Waals surface area contributed by atoms with Crippen molar-refractivity contribution < 1.29 is 22.4 Å². The van der Waals surface area contributed by atoms with Crippen LogP contribution in [-0.2, 0) is 22.7 Å². The number of nitrogens with two attached hydrogens (primary N) is 1. The minimum Gasteiger partial charge on any atom is -0.439 e. The van der Waals surface area contributed by atoms with Crippen molar-refractivity contribution in [3.05, 3.63) is 62.6 Å². The molecule has 0 fully saturated rings. The summed E-state index contributed by atoms with van der Waals surface area (Å²) in [5.74, 6) is -1.41. The van der Waals surface area contributed by atoms with Gasteiger partial charge in [0.1, 0.15) is 5.00 Å². The van der Waals surface area contributed by atoms with Crippen LogP contribution in [0.3, 0.4) is 0 Å². The lowest BCUT2D eigenvalue weighted by atomic mass is 9.95. The number of aryl methyl sites for hydroxylation is 1. The molecule has 1 aromatic carbocycles. The summed E-state index contributed by atoms with van der Waals surface area (Å²) in [5, 5.41) is 2.69. The second-order valence-corrected chi connectivity index (χ2v) is 10.7. The first-order valence-electron chi connectivity index (χ1n) is 9.13. The maximum Gasteiger partial charge on any atom is 0.292 e. The van der Waals surface area contributed by atoms with Gasteiger partial charge in [-0.3, -0.25) is 9.59 Å². The molecule has 3 aromatic rings. The molecule has 7 nitrogen and oxygen atoms in total. The van der Waals surface area contributed by atoms with Crippen LogP contribution >= 0.6 is 27.3 Å². The number of fused-ring (bicyclic) bond motifs is 1. The first-order valence-corrected chi connectivity index (χ1v) is 12.2. The molecule has 0 bridgehead atoms. The fourth-order valence-electron chi connectivity index (χ4n) is 3.40. The number of nitrogens with one attached hydrogen (secondary N) is 1. The topological polar surface area (TPSA) is 119 Å². The highest BCUT2D eigenvalue weighted by molar-refractivity contribution is 9.10. The number of primary amides is 1. The summed E-state index contributed by atoms with van der Waals surface area (Å²) in [7, 11) is -3.90. The molecule has 3 N–H and O–H groups in total. The molecule has 0 aliphatic heterocycles. The van der Waals surface area contributed by atoms with Gasteiger partial charge in [0.15, 0.2) is 5.76 Å². The molecule has 0 spiro atoms. The van der Waals surface area contributed by atoms with Crippen molar-refractivity contribution in [1.29, 1.82) is 0 Å². The molecule has 0 radical (unpaired) electrons. The lowest BCUT2D eigenvalue weighted by molar-refractivity contribution is 0.0992. The average molecular weight is 509 g/mol. The van der Waals surface area contributed by atoms with E-state index in [1.54, 1.807) is 12.1 Å². The van der Waals surface area contributed by atoms with E-state index in [0.29, 0.717) is 10.6 Å². The number of hydrogen-bond acceptors (Lipinski definition) is 6. The first kappa shape index (κ1) is 20.8. The summed E-state index contributed by atoms with van der Waals surface area (Å²) in [5.41, 5.74) is 6.77. The van der Waals surface area contributed by atoms with Crippen LogP contribution in [0.2, 0.25) is 0 Å². The van der Waals surface area contributed by atoms with E-state index in [0.717, 1.165) is 40.6 Å². The Morgan fingerprint density at radius 1 is 1.07 bits per heavy atom. The predicted octanol–water partition coefficient (Wildman–Crippen LogP) is 4.17. The van der Waals surface area contributed by atoms with Crippen molar-refractivity contribution >= 4 is 53.9 Å². The number of anilines is 1. The number of halogens is 1. The third kappa shape index (κ3) is 3.82. The lowest BCUT2D eigenvalue weighted by Gasteiger charge is -2.11. The third-order valence-corrected chi connectivity index (χ3v) is 8.22. The van der Waals surface area contributed by atoms with E-state index in [-0.39, 0.29) is 15.7 Å². The highest BCUT2D eigenvalue weighted by Gasteiger charge is 2.27. The number of sulfone groups is 1. The maximum absolute atomic E-state index is 12.7. The van der Waals surface area contributed by atoms with E-state index >= 15 is 0 Å². The highest BCUT2D eigenvalue weighted by Crippen LogP contribution is 2.38. The minimum atomic E-state index is -3.90. The van der Waals surface area contributed by atoms with Gasteiger partial charge in [-0.15, -0.1) is 11.3 Å². The molecular formula is C20H17BrN2O5S2. The Bertz CT molecular complexity index is 1240. The molecular weight excluding hydrogens is 492 g/mol. The monoisotopic (exact) mass is 508 g/mol. The van der Waals surface area contributed by atoms with Crippen LogP contribution in [0.25, 0.3) is 0 Å². The fraction of sp³-hybridized carbons (Fsp3) is 0.200. The van der Waals surface area contributed by atoms with Crippen molar-refractivity contribution in [3.63, 3.8) is 0 Å². The van der Waals surface area contributed by atoms with Gasteiger partial charge < -0.3 is 15.5 Å². The van der Waals surface area contributed by atoms with Crippen LogP contribution in [0.4, 0.5) is 5.00 Å². The Morgan fingerprint density at radius 2 is 1.77 bits per heavy atom. The summed E-state index contributed by atoms with van der Waals surface area (Å²) in [6.45, 7) is 0. The standard InChI is InChI=1S/C20H17BrN2O5S2/c21-11-5-7-12(8-6-11)30(26,27)16-10-9-14(28-16)19(25)23-20-17(18(22)24)13-3-1-2-4-15(13)29-20/h5-10H,1-4H2,(H2,22,24)(H,23,25). The summed E-state index contributed by atoms with van der Waals surface area (Å²) in [6, 6.07) is 8.62. The van der Waals surface area contributed by atoms with Gasteiger partial charge in [0, 0.05) is 9.35 Å². The van der Waals surface area contributed by atoms with Gasteiger partial charge in [-0.2, -0.15) is 0 Å². The minimum absolute atomic E-state index is 0.0500. The molecule has 0 saturated heterocycles. The molecule has 0 atom stereocenters. The molecule has 10 heteroatoms. The zero-order valence-electron chi connectivity index (χ0n) is 15.6. The number of amides is 2. The van der Waals surface area contributed by atoms with Gasteiger partial charge in [0.25, 0.3) is 11.8 Å². The zero-order chi connectivity index (χ0) is 21.5. The second-order valence-electron chi connectivity index (χ2n) is 6.81. The van der Waals surface area contributed by atoms with Crippen molar-refractivity contribution in [2.75, 3.05) is 5.32 Å².